The van der Waals surface area contributed by atoms with Crippen LogP contribution < -0.4 is 9.47 Å². The van der Waals surface area contributed by atoms with Gasteiger partial charge in [0.15, 0.2) is 5.78 Å². The molecule has 2 rings (SSSR count). The predicted molar refractivity (Wildman–Crippen MR) is 84.1 cm³/mol. The van der Waals surface area contributed by atoms with Crippen molar-refractivity contribution < 1.29 is 14.3 Å². The molecule has 0 bridgehead atoms. The second-order valence-corrected chi connectivity index (χ2v) is 5.23. The van der Waals surface area contributed by atoms with Gasteiger partial charge in [-0.3, -0.25) is 9.78 Å². The highest BCUT2D eigenvalue weighted by Crippen LogP contribution is 2.37. The lowest BCUT2D eigenvalue weighted by Gasteiger charge is -2.12. The van der Waals surface area contributed by atoms with Gasteiger partial charge < -0.3 is 9.47 Å². The summed E-state index contributed by atoms with van der Waals surface area (Å²) in [6.07, 6.45) is 4.54. The third-order valence-corrected chi connectivity index (χ3v) is 3.93. The molecule has 0 aliphatic carbocycles. The summed E-state index contributed by atoms with van der Waals surface area (Å²) >= 11 is 3.41. The SMILES string of the molecule is COc1ccc(C(=O)CCc2ccncc2)c(OC)c1Br. The molecule has 4 nitrogen and oxygen atoms in total. The Kier molecular flexibility index (Phi) is 5.33. The first-order valence-electron chi connectivity index (χ1n) is 6.50. The molecule has 1 aromatic carbocycles. The first-order chi connectivity index (χ1) is 10.2. The Hall–Kier alpha value is -1.88. The van der Waals surface area contributed by atoms with E-state index >= 15 is 0 Å². The van der Waals surface area contributed by atoms with Crippen molar-refractivity contribution in [3.63, 3.8) is 0 Å². The number of halogens is 1. The minimum Gasteiger partial charge on any atom is -0.495 e. The molecule has 0 aliphatic heterocycles. The number of hydrogen-bond acceptors (Lipinski definition) is 4. The van der Waals surface area contributed by atoms with Crippen molar-refractivity contribution in [2.24, 2.45) is 0 Å². The van der Waals surface area contributed by atoms with Gasteiger partial charge in [0.1, 0.15) is 16.0 Å². The van der Waals surface area contributed by atoms with Crippen LogP contribution in [0.1, 0.15) is 22.3 Å². The van der Waals surface area contributed by atoms with Crippen molar-refractivity contribution in [3.05, 3.63) is 52.3 Å². The topological polar surface area (TPSA) is 48.4 Å². The summed E-state index contributed by atoms with van der Waals surface area (Å²) in [6, 6.07) is 7.31. The molecule has 1 heterocycles. The Morgan fingerprint density at radius 3 is 2.48 bits per heavy atom. The minimum atomic E-state index is 0.0343. The third kappa shape index (κ3) is 3.61. The number of aromatic nitrogens is 1. The van der Waals surface area contributed by atoms with Gasteiger partial charge in [0, 0.05) is 18.8 Å². The molecule has 0 saturated heterocycles. The Labute approximate surface area is 132 Å². The average Bonchev–Trinajstić information content (AvgIpc) is 2.53. The van der Waals surface area contributed by atoms with E-state index in [9.17, 15) is 4.79 Å². The van der Waals surface area contributed by atoms with Crippen LogP contribution in [0.5, 0.6) is 11.5 Å². The predicted octanol–water partition coefficient (Wildman–Crippen LogP) is 3.68. The van der Waals surface area contributed by atoms with Gasteiger partial charge in [-0.15, -0.1) is 0 Å². The van der Waals surface area contributed by atoms with Gasteiger partial charge in [0.25, 0.3) is 0 Å². The first-order valence-corrected chi connectivity index (χ1v) is 7.29. The van der Waals surface area contributed by atoms with Gasteiger partial charge in [-0.2, -0.15) is 0 Å². The number of carbonyl (C=O) groups is 1. The van der Waals surface area contributed by atoms with Crippen molar-refractivity contribution in [2.45, 2.75) is 12.8 Å². The molecule has 110 valence electrons. The first kappa shape index (κ1) is 15.5. The Bertz CT molecular complexity index is 629. The minimum absolute atomic E-state index is 0.0343. The fourth-order valence-corrected chi connectivity index (χ4v) is 2.73. The molecule has 0 atom stereocenters. The summed E-state index contributed by atoms with van der Waals surface area (Å²) in [7, 11) is 3.11. The van der Waals surface area contributed by atoms with Crippen LogP contribution in [0.25, 0.3) is 0 Å². The van der Waals surface area contributed by atoms with E-state index in [4.69, 9.17) is 9.47 Å². The van der Waals surface area contributed by atoms with E-state index < -0.39 is 0 Å². The van der Waals surface area contributed by atoms with E-state index in [0.29, 0.717) is 34.4 Å². The Balaban J connectivity index is 2.17. The summed E-state index contributed by atoms with van der Waals surface area (Å²) in [5, 5.41) is 0. The zero-order chi connectivity index (χ0) is 15.2. The van der Waals surface area contributed by atoms with E-state index in [1.54, 1.807) is 38.7 Å². The van der Waals surface area contributed by atoms with Gasteiger partial charge in [-0.05, 0) is 52.2 Å². The van der Waals surface area contributed by atoms with E-state index in [0.717, 1.165) is 5.56 Å². The van der Waals surface area contributed by atoms with Crippen LogP contribution >= 0.6 is 15.9 Å². The molecule has 0 fully saturated rings. The third-order valence-electron chi connectivity index (χ3n) is 3.18. The number of nitrogens with zero attached hydrogens (tertiary/aromatic N) is 1. The summed E-state index contributed by atoms with van der Waals surface area (Å²) < 4.78 is 11.2. The summed E-state index contributed by atoms with van der Waals surface area (Å²) in [5.74, 6) is 1.18. The number of pyridine rings is 1. The number of hydrogen-bond donors (Lipinski definition) is 0. The van der Waals surface area contributed by atoms with Crippen molar-refractivity contribution in [2.75, 3.05) is 14.2 Å². The highest BCUT2D eigenvalue weighted by Gasteiger charge is 2.18. The van der Waals surface area contributed by atoms with Crippen LogP contribution in [-0.4, -0.2) is 25.0 Å². The zero-order valence-corrected chi connectivity index (χ0v) is 13.5. The number of rotatable bonds is 6. The molecule has 1 aromatic heterocycles. The molecule has 0 radical (unpaired) electrons. The number of ketones is 1. The molecule has 21 heavy (non-hydrogen) atoms. The largest absolute Gasteiger partial charge is 0.495 e. The van der Waals surface area contributed by atoms with Gasteiger partial charge in [0.2, 0.25) is 0 Å². The Morgan fingerprint density at radius 2 is 1.86 bits per heavy atom. The van der Waals surface area contributed by atoms with Crippen molar-refractivity contribution in [3.8, 4) is 11.5 Å². The van der Waals surface area contributed by atoms with Gasteiger partial charge in [-0.1, -0.05) is 0 Å². The second-order valence-electron chi connectivity index (χ2n) is 4.44. The molecule has 0 N–H and O–H groups in total. The van der Waals surface area contributed by atoms with Crippen LogP contribution in [0, 0.1) is 0 Å². The van der Waals surface area contributed by atoms with Crippen molar-refractivity contribution in [1.82, 2.24) is 4.98 Å². The fourth-order valence-electron chi connectivity index (χ4n) is 2.06. The molecule has 0 unspecified atom stereocenters. The maximum absolute atomic E-state index is 12.4. The van der Waals surface area contributed by atoms with Crippen molar-refractivity contribution in [1.29, 1.82) is 0 Å². The lowest BCUT2D eigenvalue weighted by molar-refractivity contribution is 0.0979. The summed E-state index contributed by atoms with van der Waals surface area (Å²) in [4.78, 5) is 16.4. The van der Waals surface area contributed by atoms with Crippen LogP contribution in [0.3, 0.4) is 0 Å². The molecule has 5 heteroatoms. The molecular formula is C16H16BrNO3. The molecular weight excluding hydrogens is 334 g/mol. The van der Waals surface area contributed by atoms with E-state index in [1.165, 1.54) is 0 Å². The molecule has 0 amide bonds. The smallest absolute Gasteiger partial charge is 0.166 e. The van der Waals surface area contributed by atoms with Gasteiger partial charge in [-0.25, -0.2) is 0 Å². The zero-order valence-electron chi connectivity index (χ0n) is 11.9. The maximum atomic E-state index is 12.4. The molecule has 0 spiro atoms. The monoisotopic (exact) mass is 349 g/mol. The van der Waals surface area contributed by atoms with E-state index in [1.807, 2.05) is 12.1 Å². The summed E-state index contributed by atoms with van der Waals surface area (Å²) in [5.41, 5.74) is 1.64. The number of aryl methyl sites for hydroxylation is 1. The lowest BCUT2D eigenvalue weighted by Crippen LogP contribution is -2.05. The molecule has 0 aliphatic rings. The maximum Gasteiger partial charge on any atom is 0.166 e. The number of ether oxygens (including phenoxy) is 2. The molecule has 0 saturated carbocycles. The normalized spacial score (nSPS) is 10.2. The number of carbonyl (C=O) groups excluding carboxylic acids is 1. The van der Waals surface area contributed by atoms with Crippen LogP contribution in [0.15, 0.2) is 41.1 Å². The van der Waals surface area contributed by atoms with Gasteiger partial charge >= 0.3 is 0 Å². The Morgan fingerprint density at radius 1 is 1.14 bits per heavy atom. The average molecular weight is 350 g/mol. The standard InChI is InChI=1S/C16H16BrNO3/c1-20-14-6-4-12(16(21-2)15(14)17)13(19)5-3-11-7-9-18-10-8-11/h4,6-10H,3,5H2,1-2H3. The lowest BCUT2D eigenvalue weighted by atomic mass is 10.0. The molecule has 2 aromatic rings. The number of methoxy groups -OCH3 is 2. The van der Waals surface area contributed by atoms with Crippen LogP contribution in [0.4, 0.5) is 0 Å². The van der Waals surface area contributed by atoms with Crippen molar-refractivity contribution >= 4 is 21.7 Å². The number of Topliss-reactive ketones (excluding diaryl/α,β-unsaturated/α-hetero) is 1. The highest BCUT2D eigenvalue weighted by atomic mass is 79.9. The van der Waals surface area contributed by atoms with E-state index in [-0.39, 0.29) is 5.78 Å². The van der Waals surface area contributed by atoms with Crippen LogP contribution in [-0.2, 0) is 6.42 Å². The van der Waals surface area contributed by atoms with Crippen LogP contribution in [0.2, 0.25) is 0 Å². The summed E-state index contributed by atoms with van der Waals surface area (Å²) in [6.45, 7) is 0. The highest BCUT2D eigenvalue weighted by molar-refractivity contribution is 9.10. The number of benzene rings is 1. The van der Waals surface area contributed by atoms with E-state index in [2.05, 4.69) is 20.9 Å². The quantitative estimate of drug-likeness (QED) is 0.746. The van der Waals surface area contributed by atoms with Gasteiger partial charge in [0.05, 0.1) is 19.8 Å². The second kappa shape index (κ2) is 7.22. The fraction of sp³-hybridized carbons (Fsp3) is 0.250.